The fourth-order valence-corrected chi connectivity index (χ4v) is 2.50. The van der Waals surface area contributed by atoms with Gasteiger partial charge in [-0.05, 0) is 18.6 Å². The molecule has 15 heavy (non-hydrogen) atoms. The van der Waals surface area contributed by atoms with E-state index < -0.39 is 0 Å². The summed E-state index contributed by atoms with van der Waals surface area (Å²) in [4.78, 5) is 2.53. The summed E-state index contributed by atoms with van der Waals surface area (Å²) in [6, 6.07) is 12.2. The summed E-state index contributed by atoms with van der Waals surface area (Å²) in [6.45, 7) is 2.36. The molecule has 84 valence electrons. The van der Waals surface area contributed by atoms with E-state index in [1.54, 1.807) is 0 Å². The van der Waals surface area contributed by atoms with Crippen molar-refractivity contribution in [2.75, 3.05) is 18.0 Å². The number of nitrogens with one attached hydrogen (secondary N) is 1. The summed E-state index contributed by atoms with van der Waals surface area (Å²) >= 11 is 0. The molecule has 0 unspecified atom stereocenters. The molecule has 0 spiro atoms. The minimum absolute atomic E-state index is 0. The quantitative estimate of drug-likeness (QED) is 0.759. The number of anilines is 1. The Morgan fingerprint density at radius 3 is 2.40 bits per heavy atom. The number of benzene rings is 1. The monoisotopic (exact) mass is 206 g/mol. The summed E-state index contributed by atoms with van der Waals surface area (Å²) in [5.74, 6) is 0. The van der Waals surface area contributed by atoms with Gasteiger partial charge >= 0.3 is 0 Å². The molecule has 0 saturated carbocycles. The third-order valence-electron chi connectivity index (χ3n) is 3.14. The molecule has 1 aromatic rings. The fraction of sp³-hybridized carbons (Fsp3) is 0.538. The minimum atomic E-state index is 0. The van der Waals surface area contributed by atoms with E-state index in [-0.39, 0.29) is 14.9 Å². The second kappa shape index (κ2) is 4.67. The number of piperazine rings is 1. The van der Waals surface area contributed by atoms with Gasteiger partial charge in [0.15, 0.2) is 0 Å². The topological polar surface area (TPSA) is 15.3 Å². The molecule has 0 radical (unpaired) electrons. The van der Waals surface area contributed by atoms with E-state index in [0.717, 1.165) is 12.1 Å². The summed E-state index contributed by atoms with van der Waals surface area (Å²) < 4.78 is 0. The van der Waals surface area contributed by atoms with E-state index in [1.165, 1.54) is 25.2 Å². The van der Waals surface area contributed by atoms with E-state index in [0.29, 0.717) is 0 Å². The standard InChI is InChI=1S/C11H14N2.2CH4/c1-2-4-10(5-3-1)13-8-9-6-11(13)7-12-9;;/h1-5,9,11-12H,6-8H2;2*1H4/t9-,11-;;/m1../s1. The lowest BCUT2D eigenvalue weighted by Gasteiger charge is -2.29. The van der Waals surface area contributed by atoms with Gasteiger partial charge in [0.1, 0.15) is 0 Å². The molecule has 0 aliphatic carbocycles. The van der Waals surface area contributed by atoms with Gasteiger partial charge in [0.2, 0.25) is 0 Å². The van der Waals surface area contributed by atoms with E-state index in [2.05, 4.69) is 40.5 Å². The Morgan fingerprint density at radius 1 is 1.13 bits per heavy atom. The molecule has 0 aromatic heterocycles. The van der Waals surface area contributed by atoms with Crippen molar-refractivity contribution in [1.29, 1.82) is 0 Å². The van der Waals surface area contributed by atoms with Crippen molar-refractivity contribution in [1.82, 2.24) is 5.32 Å². The van der Waals surface area contributed by atoms with E-state index in [9.17, 15) is 0 Å². The highest BCUT2D eigenvalue weighted by Gasteiger charge is 2.37. The zero-order valence-electron chi connectivity index (χ0n) is 7.61. The van der Waals surface area contributed by atoms with Crippen LogP contribution in [-0.2, 0) is 0 Å². The van der Waals surface area contributed by atoms with Crippen molar-refractivity contribution in [3.8, 4) is 0 Å². The van der Waals surface area contributed by atoms with E-state index in [1.807, 2.05) is 0 Å². The summed E-state index contributed by atoms with van der Waals surface area (Å²) in [5, 5.41) is 3.51. The molecule has 2 fully saturated rings. The summed E-state index contributed by atoms with van der Waals surface area (Å²) in [7, 11) is 0. The number of hydrogen-bond acceptors (Lipinski definition) is 2. The second-order valence-corrected chi connectivity index (χ2v) is 3.98. The lowest BCUT2D eigenvalue weighted by atomic mass is 10.2. The van der Waals surface area contributed by atoms with Crippen LogP contribution in [0.5, 0.6) is 0 Å². The van der Waals surface area contributed by atoms with Crippen molar-refractivity contribution in [3.05, 3.63) is 30.3 Å². The lowest BCUT2D eigenvalue weighted by Crippen LogP contribution is -2.43. The van der Waals surface area contributed by atoms with Gasteiger partial charge in [0, 0.05) is 30.9 Å². The van der Waals surface area contributed by atoms with Crippen molar-refractivity contribution < 1.29 is 0 Å². The molecule has 1 N–H and O–H groups in total. The highest BCUT2D eigenvalue weighted by molar-refractivity contribution is 5.49. The first-order chi connectivity index (χ1) is 6.43. The Labute approximate surface area is 93.3 Å². The molecule has 3 rings (SSSR count). The number of nitrogens with zero attached hydrogens (tertiary/aromatic N) is 1. The van der Waals surface area contributed by atoms with Gasteiger partial charge in [-0.15, -0.1) is 0 Å². The van der Waals surface area contributed by atoms with Crippen LogP contribution in [-0.4, -0.2) is 25.2 Å². The summed E-state index contributed by atoms with van der Waals surface area (Å²) in [5.41, 5.74) is 1.39. The Bertz CT molecular complexity index is 297. The Balaban J connectivity index is 0.000000562. The second-order valence-electron chi connectivity index (χ2n) is 3.98. The van der Waals surface area contributed by atoms with Gasteiger partial charge in [0.05, 0.1) is 0 Å². The van der Waals surface area contributed by atoms with Crippen molar-refractivity contribution in [2.24, 2.45) is 0 Å². The fourth-order valence-electron chi connectivity index (χ4n) is 2.50. The van der Waals surface area contributed by atoms with Gasteiger partial charge in [0.25, 0.3) is 0 Å². The van der Waals surface area contributed by atoms with Crippen LogP contribution in [0.25, 0.3) is 0 Å². The molecule has 2 atom stereocenters. The van der Waals surface area contributed by atoms with Gasteiger partial charge < -0.3 is 10.2 Å². The van der Waals surface area contributed by atoms with Gasteiger partial charge in [-0.1, -0.05) is 33.1 Å². The molecule has 2 aliphatic rings. The van der Waals surface area contributed by atoms with Crippen LogP contribution in [0.4, 0.5) is 5.69 Å². The zero-order chi connectivity index (χ0) is 8.67. The van der Waals surface area contributed by atoms with Crippen molar-refractivity contribution in [2.45, 2.75) is 33.4 Å². The third-order valence-corrected chi connectivity index (χ3v) is 3.14. The van der Waals surface area contributed by atoms with Gasteiger partial charge in [-0.2, -0.15) is 0 Å². The number of rotatable bonds is 1. The average Bonchev–Trinajstić information content (AvgIpc) is 2.80. The van der Waals surface area contributed by atoms with E-state index >= 15 is 0 Å². The smallest absolute Gasteiger partial charge is 0.0430 e. The molecule has 2 saturated heterocycles. The number of hydrogen-bond donors (Lipinski definition) is 1. The maximum atomic E-state index is 3.51. The maximum absolute atomic E-state index is 3.51. The maximum Gasteiger partial charge on any atom is 0.0430 e. The molecular formula is C13H22N2. The zero-order valence-corrected chi connectivity index (χ0v) is 7.61. The first-order valence-corrected chi connectivity index (χ1v) is 4.98. The largest absolute Gasteiger partial charge is 0.366 e. The number of para-hydroxylation sites is 1. The predicted molar refractivity (Wildman–Crippen MR) is 67.4 cm³/mol. The Kier molecular flexibility index (Phi) is 3.75. The lowest BCUT2D eigenvalue weighted by molar-refractivity contribution is 0.580. The highest BCUT2D eigenvalue weighted by atomic mass is 15.3. The van der Waals surface area contributed by atoms with Crippen molar-refractivity contribution >= 4 is 5.69 Å². The van der Waals surface area contributed by atoms with Crippen LogP contribution in [0, 0.1) is 0 Å². The highest BCUT2D eigenvalue weighted by Crippen LogP contribution is 2.28. The first-order valence-electron chi connectivity index (χ1n) is 4.98. The first kappa shape index (κ1) is 12.1. The third kappa shape index (κ3) is 2.00. The van der Waals surface area contributed by atoms with Crippen LogP contribution < -0.4 is 10.2 Å². The average molecular weight is 206 g/mol. The van der Waals surface area contributed by atoms with Gasteiger partial charge in [-0.25, -0.2) is 0 Å². The Morgan fingerprint density at radius 2 is 1.87 bits per heavy atom. The van der Waals surface area contributed by atoms with Crippen LogP contribution in [0.1, 0.15) is 21.3 Å². The molecule has 2 heterocycles. The molecule has 0 amide bonds. The minimum Gasteiger partial charge on any atom is -0.366 e. The van der Waals surface area contributed by atoms with Crippen molar-refractivity contribution in [3.63, 3.8) is 0 Å². The molecule has 1 aromatic carbocycles. The van der Waals surface area contributed by atoms with Crippen LogP contribution >= 0.6 is 0 Å². The van der Waals surface area contributed by atoms with Crippen LogP contribution in [0.2, 0.25) is 0 Å². The van der Waals surface area contributed by atoms with Crippen LogP contribution in [0.3, 0.4) is 0 Å². The molecule has 2 nitrogen and oxygen atoms in total. The van der Waals surface area contributed by atoms with E-state index in [4.69, 9.17) is 0 Å². The normalized spacial score (nSPS) is 27.1. The predicted octanol–water partition coefficient (Wildman–Crippen LogP) is 2.51. The molecular weight excluding hydrogens is 184 g/mol. The van der Waals surface area contributed by atoms with Crippen LogP contribution in [0.15, 0.2) is 30.3 Å². The summed E-state index contributed by atoms with van der Waals surface area (Å²) in [6.07, 6.45) is 1.33. The Hall–Kier alpha value is -1.02. The molecule has 2 bridgehead atoms. The molecule has 2 aliphatic heterocycles. The number of fused-ring (bicyclic) bond motifs is 2. The SMILES string of the molecule is C.C.c1ccc(N2C[C@H]3C[C@@H]2CN3)cc1. The molecule has 2 heteroatoms. The van der Waals surface area contributed by atoms with Gasteiger partial charge in [-0.3, -0.25) is 0 Å².